The molecule has 0 amide bonds. The molecule has 1 atom stereocenters. The Balaban J connectivity index is 1.75. The van der Waals surface area contributed by atoms with Crippen molar-refractivity contribution in [1.29, 1.82) is 0 Å². The van der Waals surface area contributed by atoms with E-state index in [4.69, 9.17) is 5.10 Å². The summed E-state index contributed by atoms with van der Waals surface area (Å²) in [5.74, 6) is -0.282. The number of thiazole rings is 1. The maximum absolute atomic E-state index is 14.4. The van der Waals surface area contributed by atoms with Crippen LogP contribution >= 0.6 is 22.7 Å². The van der Waals surface area contributed by atoms with Gasteiger partial charge in [0.05, 0.1) is 11.7 Å². The van der Waals surface area contributed by atoms with Crippen LogP contribution in [0.3, 0.4) is 0 Å². The number of hydrogen-bond acceptors (Lipinski definition) is 5. The number of aryl methyl sites for hydroxylation is 2. The van der Waals surface area contributed by atoms with E-state index >= 15 is 0 Å². The molecule has 0 radical (unpaired) electrons. The minimum absolute atomic E-state index is 0.185. The van der Waals surface area contributed by atoms with Crippen molar-refractivity contribution in [2.24, 2.45) is 0 Å². The molecule has 4 nitrogen and oxygen atoms in total. The molecule has 0 N–H and O–H groups in total. The van der Waals surface area contributed by atoms with Crippen LogP contribution in [0.15, 0.2) is 48.1 Å². The molecule has 3 aromatic heterocycles. The molecule has 0 fully saturated rings. The van der Waals surface area contributed by atoms with Gasteiger partial charge in [-0.2, -0.15) is 5.10 Å². The Labute approximate surface area is 178 Å². The lowest BCUT2D eigenvalue weighted by molar-refractivity contribution is 0.253. The first-order chi connectivity index (χ1) is 13.9. The molecule has 29 heavy (non-hydrogen) atoms. The van der Waals surface area contributed by atoms with Gasteiger partial charge in [-0.25, -0.2) is 14.1 Å². The van der Waals surface area contributed by atoms with Gasteiger partial charge >= 0.3 is 0 Å². The van der Waals surface area contributed by atoms with E-state index in [0.717, 1.165) is 21.8 Å². The number of para-hydroxylation sites is 1. The van der Waals surface area contributed by atoms with Gasteiger partial charge in [-0.15, -0.1) is 22.7 Å². The van der Waals surface area contributed by atoms with Crippen molar-refractivity contribution in [1.82, 2.24) is 19.7 Å². The third kappa shape index (κ3) is 4.03. The molecule has 150 valence electrons. The molecular weight excluding hydrogens is 403 g/mol. The Morgan fingerprint density at radius 2 is 2.03 bits per heavy atom. The predicted octanol–water partition coefficient (Wildman–Crippen LogP) is 6.01. The van der Waals surface area contributed by atoms with Crippen LogP contribution < -0.4 is 0 Å². The minimum atomic E-state index is -0.282. The van der Waals surface area contributed by atoms with Crippen LogP contribution in [0.25, 0.3) is 16.9 Å². The van der Waals surface area contributed by atoms with Gasteiger partial charge in [-0.1, -0.05) is 12.1 Å². The molecule has 0 aliphatic carbocycles. The zero-order valence-electron chi connectivity index (χ0n) is 16.9. The fourth-order valence-electron chi connectivity index (χ4n) is 3.41. The van der Waals surface area contributed by atoms with Crippen molar-refractivity contribution in [2.75, 3.05) is 7.05 Å². The van der Waals surface area contributed by atoms with Crippen molar-refractivity contribution in [2.45, 2.75) is 33.4 Å². The maximum Gasteiger partial charge on any atom is 0.148 e. The van der Waals surface area contributed by atoms with Gasteiger partial charge in [0.1, 0.15) is 16.5 Å². The number of rotatable bonds is 6. The summed E-state index contributed by atoms with van der Waals surface area (Å²) in [5, 5.41) is 7.88. The largest absolute Gasteiger partial charge is 0.293 e. The second-order valence-electron chi connectivity index (χ2n) is 7.19. The molecule has 1 unspecified atom stereocenters. The van der Waals surface area contributed by atoms with Crippen LogP contribution in [0, 0.1) is 19.7 Å². The maximum atomic E-state index is 14.4. The number of halogens is 1. The quantitative estimate of drug-likeness (QED) is 0.379. The predicted molar refractivity (Wildman–Crippen MR) is 118 cm³/mol. The van der Waals surface area contributed by atoms with Gasteiger partial charge < -0.3 is 0 Å². The van der Waals surface area contributed by atoms with E-state index in [9.17, 15) is 4.39 Å². The summed E-state index contributed by atoms with van der Waals surface area (Å²) in [6, 6.07) is 9.10. The highest BCUT2D eigenvalue weighted by atomic mass is 32.1. The lowest BCUT2D eigenvalue weighted by Gasteiger charge is -2.22. The first kappa shape index (κ1) is 19.9. The van der Waals surface area contributed by atoms with Crippen LogP contribution in [-0.2, 0) is 6.54 Å². The van der Waals surface area contributed by atoms with E-state index in [2.05, 4.69) is 43.8 Å². The fourth-order valence-corrected chi connectivity index (χ4v) is 5.10. The molecule has 0 saturated carbocycles. The van der Waals surface area contributed by atoms with Gasteiger partial charge in [0.2, 0.25) is 0 Å². The van der Waals surface area contributed by atoms with Crippen molar-refractivity contribution in [3.63, 3.8) is 0 Å². The first-order valence-corrected chi connectivity index (χ1v) is 11.1. The zero-order chi connectivity index (χ0) is 20.5. The smallest absolute Gasteiger partial charge is 0.148 e. The monoisotopic (exact) mass is 426 g/mol. The molecule has 0 bridgehead atoms. The minimum Gasteiger partial charge on any atom is -0.293 e. The highest BCUT2D eigenvalue weighted by Gasteiger charge is 2.21. The summed E-state index contributed by atoms with van der Waals surface area (Å²) in [6.45, 7) is 7.06. The molecule has 7 heteroatoms. The summed E-state index contributed by atoms with van der Waals surface area (Å²) < 4.78 is 16.1. The van der Waals surface area contributed by atoms with Gasteiger partial charge in [0.25, 0.3) is 0 Å². The summed E-state index contributed by atoms with van der Waals surface area (Å²) in [4.78, 5) is 9.16. The Kier molecular flexibility index (Phi) is 5.63. The van der Waals surface area contributed by atoms with E-state index in [1.54, 1.807) is 39.5 Å². The molecule has 1 aromatic carbocycles. The molecule has 4 rings (SSSR count). The van der Waals surface area contributed by atoms with E-state index in [1.165, 1.54) is 15.8 Å². The SMILES string of the molecule is Cc1cc(-c2nn(-c3ccccc3F)cc2CN(C)C(C)c2nccs2)c(C)s1. The lowest BCUT2D eigenvalue weighted by atomic mass is 10.1. The standard InChI is InChI=1S/C22H23FN4S2/c1-14-11-18(16(3)29-14)21-17(12-26(4)15(2)22-24-9-10-28-22)13-27(25-21)20-8-6-5-7-19(20)23/h5-11,13,15H,12H2,1-4H3. The van der Waals surface area contributed by atoms with Gasteiger partial charge in [0, 0.05) is 45.2 Å². The second kappa shape index (κ2) is 8.18. The highest BCUT2D eigenvalue weighted by molar-refractivity contribution is 7.12. The van der Waals surface area contributed by atoms with Crippen molar-refractivity contribution >= 4 is 22.7 Å². The Bertz CT molecular complexity index is 1110. The summed E-state index contributed by atoms with van der Waals surface area (Å²) in [5.41, 5.74) is 3.56. The number of benzene rings is 1. The number of thiophene rings is 1. The van der Waals surface area contributed by atoms with Crippen molar-refractivity contribution < 1.29 is 4.39 Å². The first-order valence-electron chi connectivity index (χ1n) is 9.44. The third-order valence-electron chi connectivity index (χ3n) is 5.08. The van der Waals surface area contributed by atoms with Crippen LogP contribution in [-0.4, -0.2) is 26.7 Å². The van der Waals surface area contributed by atoms with Gasteiger partial charge in [0.15, 0.2) is 0 Å². The van der Waals surface area contributed by atoms with Crippen LogP contribution in [0.1, 0.15) is 33.3 Å². The van der Waals surface area contributed by atoms with E-state index in [-0.39, 0.29) is 11.9 Å². The fraction of sp³-hybridized carbons (Fsp3) is 0.273. The zero-order valence-corrected chi connectivity index (χ0v) is 18.5. The third-order valence-corrected chi connectivity index (χ3v) is 6.99. The molecule has 0 spiro atoms. The lowest BCUT2D eigenvalue weighted by Crippen LogP contribution is -2.21. The Hall–Kier alpha value is -2.35. The van der Waals surface area contributed by atoms with E-state index < -0.39 is 0 Å². The van der Waals surface area contributed by atoms with Crippen molar-refractivity contribution in [3.05, 3.63) is 74.2 Å². The number of nitrogens with zero attached hydrogens (tertiary/aromatic N) is 4. The number of hydrogen-bond donors (Lipinski definition) is 0. The average Bonchev–Trinajstić information content (AvgIpc) is 3.42. The molecule has 0 aliphatic heterocycles. The second-order valence-corrected chi connectivity index (χ2v) is 9.57. The van der Waals surface area contributed by atoms with E-state index in [0.29, 0.717) is 12.2 Å². The molecular formula is C22H23FN4S2. The normalized spacial score (nSPS) is 12.6. The number of aromatic nitrogens is 3. The molecule has 3 heterocycles. The highest BCUT2D eigenvalue weighted by Crippen LogP contribution is 2.34. The Morgan fingerprint density at radius 3 is 2.69 bits per heavy atom. The summed E-state index contributed by atoms with van der Waals surface area (Å²) in [7, 11) is 2.09. The van der Waals surface area contributed by atoms with Gasteiger partial charge in [-0.05, 0) is 46.0 Å². The van der Waals surface area contributed by atoms with E-state index in [1.807, 2.05) is 23.8 Å². The van der Waals surface area contributed by atoms with Crippen LogP contribution in [0.5, 0.6) is 0 Å². The molecule has 0 aliphatic rings. The van der Waals surface area contributed by atoms with Crippen molar-refractivity contribution in [3.8, 4) is 16.9 Å². The summed E-state index contributed by atoms with van der Waals surface area (Å²) in [6.07, 6.45) is 3.79. The summed E-state index contributed by atoms with van der Waals surface area (Å²) >= 11 is 3.42. The average molecular weight is 427 g/mol. The van der Waals surface area contributed by atoms with Crippen LogP contribution in [0.4, 0.5) is 4.39 Å². The van der Waals surface area contributed by atoms with Crippen LogP contribution in [0.2, 0.25) is 0 Å². The Morgan fingerprint density at radius 1 is 1.24 bits per heavy atom. The molecule has 0 saturated heterocycles. The van der Waals surface area contributed by atoms with Gasteiger partial charge in [-0.3, -0.25) is 4.90 Å². The molecule has 4 aromatic rings. The topological polar surface area (TPSA) is 34.0 Å².